The van der Waals surface area contributed by atoms with E-state index >= 15 is 0 Å². The smallest absolute Gasteiger partial charge is 0.141 e. The topological polar surface area (TPSA) is 16.1 Å². The summed E-state index contributed by atoms with van der Waals surface area (Å²) in [4.78, 5) is 6.76. The summed E-state index contributed by atoms with van der Waals surface area (Å²) < 4.78 is 0. The maximum Gasteiger partial charge on any atom is 0.141 e. The fraction of sp³-hybridized carbons (Fsp3) is 0.0556. The second-order valence-corrected chi connectivity index (χ2v) is 4.59. The third-order valence-corrected chi connectivity index (χ3v) is 3.29. The van der Waals surface area contributed by atoms with Crippen molar-refractivity contribution >= 4 is 22.3 Å². The summed E-state index contributed by atoms with van der Waals surface area (Å²) in [5, 5.41) is 2.35. The van der Waals surface area contributed by atoms with Crippen molar-refractivity contribution < 1.29 is 0 Å². The third-order valence-electron chi connectivity index (χ3n) is 3.29. The summed E-state index contributed by atoms with van der Waals surface area (Å²) in [6, 6.07) is 20.6. The van der Waals surface area contributed by atoms with Crippen LogP contribution in [0, 0.1) is 0 Å². The molecule has 0 fully saturated rings. The minimum absolute atomic E-state index is 0.727. The molecule has 20 heavy (non-hydrogen) atoms. The highest BCUT2D eigenvalue weighted by atomic mass is 15.2. The molecule has 98 valence electrons. The average Bonchev–Trinajstić information content (AvgIpc) is 2.53. The first-order valence-corrected chi connectivity index (χ1v) is 6.67. The monoisotopic (exact) mass is 260 g/mol. The van der Waals surface area contributed by atoms with Crippen molar-refractivity contribution in [2.45, 2.75) is 0 Å². The van der Waals surface area contributed by atoms with Gasteiger partial charge >= 0.3 is 0 Å². The second kappa shape index (κ2) is 5.57. The molecule has 0 aliphatic heterocycles. The molecule has 0 saturated carbocycles. The van der Waals surface area contributed by atoms with Gasteiger partial charge in [-0.1, -0.05) is 48.5 Å². The van der Waals surface area contributed by atoms with Crippen LogP contribution < -0.4 is 4.90 Å². The predicted octanol–water partition coefficient (Wildman–Crippen LogP) is 4.56. The van der Waals surface area contributed by atoms with Crippen LogP contribution in [0.25, 0.3) is 10.8 Å². The lowest BCUT2D eigenvalue weighted by Crippen LogP contribution is -2.18. The summed E-state index contributed by atoms with van der Waals surface area (Å²) in [5.41, 5.74) is 1.12. The highest BCUT2D eigenvalue weighted by Crippen LogP contribution is 2.29. The standard InChI is InChI=1S/C18H16N2/c1-2-14-20(16-9-4-3-5-10-16)18-17-11-7-6-8-15(17)12-13-19-18/h2-13H,1,14H2. The van der Waals surface area contributed by atoms with Crippen LogP contribution in [-0.2, 0) is 0 Å². The van der Waals surface area contributed by atoms with Gasteiger partial charge in [-0.25, -0.2) is 4.98 Å². The van der Waals surface area contributed by atoms with Crippen LogP contribution in [0.5, 0.6) is 0 Å². The van der Waals surface area contributed by atoms with Gasteiger partial charge in [-0.05, 0) is 23.6 Å². The highest BCUT2D eigenvalue weighted by molar-refractivity contribution is 5.93. The van der Waals surface area contributed by atoms with Gasteiger partial charge in [0.05, 0.1) is 0 Å². The molecule has 0 saturated heterocycles. The summed E-state index contributed by atoms with van der Waals surface area (Å²) in [6.07, 6.45) is 3.76. The molecule has 2 heteroatoms. The van der Waals surface area contributed by atoms with Crippen molar-refractivity contribution in [1.82, 2.24) is 4.98 Å². The Bertz CT molecular complexity index is 714. The Labute approximate surface area is 119 Å². The molecular weight excluding hydrogens is 244 g/mol. The highest BCUT2D eigenvalue weighted by Gasteiger charge is 2.11. The molecule has 2 aromatic carbocycles. The number of aromatic nitrogens is 1. The minimum atomic E-state index is 0.727. The first-order valence-electron chi connectivity index (χ1n) is 6.67. The molecule has 1 heterocycles. The fourth-order valence-electron chi connectivity index (χ4n) is 2.37. The van der Waals surface area contributed by atoms with Crippen LogP contribution in [0.2, 0.25) is 0 Å². The van der Waals surface area contributed by atoms with E-state index in [0.717, 1.165) is 23.4 Å². The lowest BCUT2D eigenvalue weighted by molar-refractivity contribution is 1.06. The molecular formula is C18H16N2. The van der Waals surface area contributed by atoms with Crippen molar-refractivity contribution in [2.75, 3.05) is 11.4 Å². The number of anilines is 2. The lowest BCUT2D eigenvalue weighted by Gasteiger charge is -2.23. The van der Waals surface area contributed by atoms with E-state index in [-0.39, 0.29) is 0 Å². The van der Waals surface area contributed by atoms with Gasteiger partial charge in [0.15, 0.2) is 0 Å². The maximum absolute atomic E-state index is 4.58. The Morgan fingerprint density at radius 2 is 1.70 bits per heavy atom. The summed E-state index contributed by atoms with van der Waals surface area (Å²) >= 11 is 0. The van der Waals surface area contributed by atoms with Crippen LogP contribution in [0.15, 0.2) is 79.5 Å². The number of fused-ring (bicyclic) bond motifs is 1. The molecule has 3 aromatic rings. The van der Waals surface area contributed by atoms with Crippen molar-refractivity contribution in [3.8, 4) is 0 Å². The van der Waals surface area contributed by atoms with Crippen molar-refractivity contribution in [2.24, 2.45) is 0 Å². The zero-order chi connectivity index (χ0) is 13.8. The minimum Gasteiger partial charge on any atom is -0.322 e. The Morgan fingerprint density at radius 3 is 2.50 bits per heavy atom. The van der Waals surface area contributed by atoms with E-state index in [2.05, 4.69) is 40.7 Å². The number of benzene rings is 2. The van der Waals surface area contributed by atoms with Gasteiger partial charge < -0.3 is 4.90 Å². The van der Waals surface area contributed by atoms with Gasteiger partial charge in [-0.2, -0.15) is 0 Å². The van der Waals surface area contributed by atoms with Gasteiger partial charge in [-0.3, -0.25) is 0 Å². The van der Waals surface area contributed by atoms with Crippen molar-refractivity contribution in [3.05, 3.63) is 79.5 Å². The van der Waals surface area contributed by atoms with E-state index < -0.39 is 0 Å². The fourth-order valence-corrected chi connectivity index (χ4v) is 2.37. The first-order chi connectivity index (χ1) is 9.90. The van der Waals surface area contributed by atoms with Gasteiger partial charge in [0.25, 0.3) is 0 Å². The molecule has 0 N–H and O–H groups in total. The molecule has 1 aromatic heterocycles. The zero-order valence-corrected chi connectivity index (χ0v) is 11.2. The normalized spacial score (nSPS) is 10.4. The molecule has 0 unspecified atom stereocenters. The SMILES string of the molecule is C=CCN(c1ccccc1)c1nccc2ccccc12. The molecule has 0 aliphatic rings. The molecule has 0 spiro atoms. The largest absolute Gasteiger partial charge is 0.322 e. The molecule has 3 rings (SSSR count). The van der Waals surface area contributed by atoms with E-state index in [1.807, 2.05) is 48.7 Å². The van der Waals surface area contributed by atoms with Gasteiger partial charge in [-0.15, -0.1) is 6.58 Å². The van der Waals surface area contributed by atoms with E-state index in [4.69, 9.17) is 0 Å². The van der Waals surface area contributed by atoms with Crippen LogP contribution in [-0.4, -0.2) is 11.5 Å². The number of nitrogens with zero attached hydrogens (tertiary/aromatic N) is 2. The molecule has 0 aliphatic carbocycles. The summed E-state index contributed by atoms with van der Waals surface area (Å²) in [7, 11) is 0. The third kappa shape index (κ3) is 2.28. The van der Waals surface area contributed by atoms with Crippen LogP contribution in [0.3, 0.4) is 0 Å². The van der Waals surface area contributed by atoms with Crippen LogP contribution in [0.1, 0.15) is 0 Å². The van der Waals surface area contributed by atoms with Gasteiger partial charge in [0, 0.05) is 23.8 Å². The zero-order valence-electron chi connectivity index (χ0n) is 11.2. The second-order valence-electron chi connectivity index (χ2n) is 4.59. The molecule has 0 amide bonds. The molecule has 0 bridgehead atoms. The van der Waals surface area contributed by atoms with E-state index in [9.17, 15) is 0 Å². The van der Waals surface area contributed by atoms with Gasteiger partial charge in [0.2, 0.25) is 0 Å². The van der Waals surface area contributed by atoms with Crippen molar-refractivity contribution in [3.63, 3.8) is 0 Å². The number of rotatable bonds is 4. The Balaban J connectivity index is 2.17. The van der Waals surface area contributed by atoms with E-state index in [1.165, 1.54) is 5.39 Å². The number of hydrogen-bond acceptors (Lipinski definition) is 2. The first kappa shape index (κ1) is 12.4. The number of para-hydroxylation sites is 1. The Morgan fingerprint density at radius 1 is 0.950 bits per heavy atom. The number of pyridine rings is 1. The molecule has 0 atom stereocenters. The molecule has 0 radical (unpaired) electrons. The molecule has 2 nitrogen and oxygen atoms in total. The van der Waals surface area contributed by atoms with E-state index in [0.29, 0.717) is 0 Å². The predicted molar refractivity (Wildman–Crippen MR) is 85.4 cm³/mol. The quantitative estimate of drug-likeness (QED) is 0.639. The summed E-state index contributed by atoms with van der Waals surface area (Å²) in [6.45, 7) is 4.59. The maximum atomic E-state index is 4.58. The summed E-state index contributed by atoms with van der Waals surface area (Å²) in [5.74, 6) is 0.967. The average molecular weight is 260 g/mol. The number of hydrogen-bond donors (Lipinski definition) is 0. The Hall–Kier alpha value is -2.61. The van der Waals surface area contributed by atoms with Crippen LogP contribution >= 0.6 is 0 Å². The Kier molecular flexibility index (Phi) is 3.46. The van der Waals surface area contributed by atoms with E-state index in [1.54, 1.807) is 0 Å². The van der Waals surface area contributed by atoms with Crippen molar-refractivity contribution in [1.29, 1.82) is 0 Å². The lowest BCUT2D eigenvalue weighted by atomic mass is 10.1. The van der Waals surface area contributed by atoms with Crippen LogP contribution in [0.4, 0.5) is 11.5 Å². The van der Waals surface area contributed by atoms with Gasteiger partial charge in [0.1, 0.15) is 5.82 Å².